The smallest absolute Gasteiger partial charge is 0.414 e. The predicted octanol–water partition coefficient (Wildman–Crippen LogP) is 2.45. The molecule has 1 aromatic rings. The van der Waals surface area contributed by atoms with Crippen LogP contribution in [-0.2, 0) is 19.1 Å². The lowest BCUT2D eigenvalue weighted by Crippen LogP contribution is -2.33. The first-order valence-electron chi connectivity index (χ1n) is 10.6. The van der Waals surface area contributed by atoms with E-state index in [1.165, 1.54) is 6.92 Å². The van der Waals surface area contributed by atoms with Crippen molar-refractivity contribution in [3.8, 4) is 0 Å². The Morgan fingerprint density at radius 2 is 1.75 bits per heavy atom. The van der Waals surface area contributed by atoms with Crippen molar-refractivity contribution < 1.29 is 32.6 Å². The van der Waals surface area contributed by atoms with Crippen LogP contribution in [0.2, 0.25) is 0 Å². The monoisotopic (exact) mass is 451 g/mol. The number of anilines is 2. The molecule has 32 heavy (non-hydrogen) atoms. The third-order valence-corrected chi connectivity index (χ3v) is 5.96. The molecule has 2 aliphatic heterocycles. The lowest BCUT2D eigenvalue weighted by atomic mass is 10.1. The molecular weight excluding hydrogens is 424 g/mol. The van der Waals surface area contributed by atoms with Gasteiger partial charge in [-0.05, 0) is 32.6 Å². The minimum atomic E-state index is -0.784. The molecule has 4 rings (SSSR count). The van der Waals surface area contributed by atoms with Crippen LogP contribution in [0.5, 0.6) is 0 Å². The molecule has 3 atom stereocenters. The number of ether oxygens (including phenoxy) is 2. The van der Waals surface area contributed by atoms with Crippen molar-refractivity contribution in [2.45, 2.75) is 39.4 Å². The minimum absolute atomic E-state index is 0.0198. The molecule has 0 aromatic heterocycles. The Balaban J connectivity index is 1.41. The van der Waals surface area contributed by atoms with Crippen molar-refractivity contribution in [1.82, 2.24) is 5.32 Å². The normalized spacial score (nSPS) is 26.6. The number of nitrogens with zero attached hydrogens (tertiary/aromatic N) is 2. The Morgan fingerprint density at radius 3 is 2.28 bits per heavy atom. The van der Waals surface area contributed by atoms with E-state index in [2.05, 4.69) is 5.32 Å². The van der Waals surface area contributed by atoms with Crippen molar-refractivity contribution in [2.24, 2.45) is 17.8 Å². The van der Waals surface area contributed by atoms with Crippen LogP contribution >= 0.6 is 0 Å². The summed E-state index contributed by atoms with van der Waals surface area (Å²) in [6.45, 7) is 7.69. The molecule has 8 nitrogen and oxygen atoms in total. The maximum atomic E-state index is 14.9. The van der Waals surface area contributed by atoms with Gasteiger partial charge in [0.1, 0.15) is 17.4 Å². The van der Waals surface area contributed by atoms with Gasteiger partial charge < -0.3 is 19.7 Å². The summed E-state index contributed by atoms with van der Waals surface area (Å²) in [5.74, 6) is -2.28. The standard InChI is InChI=1S/C22H27F2N3O5/c1-11(28)25-7-13-8-27(21(30)31-13)12-5-16(23)19(17(24)6-12)26-9-14-15(10-26)18(14)20(29)32-22(2,3)4/h5-6,13-15,18H,7-10H2,1-4H3,(H,25,28). The number of carbonyl (C=O) groups excluding carboxylic acids is 3. The van der Waals surface area contributed by atoms with Gasteiger partial charge in [-0.3, -0.25) is 14.5 Å². The largest absolute Gasteiger partial charge is 0.460 e. The fourth-order valence-electron chi connectivity index (χ4n) is 4.53. The number of carbonyl (C=O) groups is 3. The molecule has 3 aliphatic rings. The van der Waals surface area contributed by atoms with E-state index >= 15 is 0 Å². The van der Waals surface area contributed by atoms with Gasteiger partial charge in [0.15, 0.2) is 11.6 Å². The number of esters is 1. The van der Waals surface area contributed by atoms with E-state index in [0.717, 1.165) is 17.0 Å². The summed E-state index contributed by atoms with van der Waals surface area (Å²) in [5, 5.41) is 2.55. The SMILES string of the molecule is CC(=O)NCC1CN(c2cc(F)c(N3CC4C(C3)C4C(=O)OC(C)(C)C)c(F)c2)C(=O)O1. The molecule has 10 heteroatoms. The number of fused-ring (bicyclic) bond motifs is 1. The highest BCUT2D eigenvalue weighted by Gasteiger charge is 2.61. The highest BCUT2D eigenvalue weighted by atomic mass is 19.1. The molecule has 1 saturated carbocycles. The van der Waals surface area contributed by atoms with Gasteiger partial charge in [0.2, 0.25) is 5.91 Å². The molecule has 2 amide bonds. The number of hydrogen-bond acceptors (Lipinski definition) is 6. The first-order valence-corrected chi connectivity index (χ1v) is 10.6. The van der Waals surface area contributed by atoms with Crippen LogP contribution in [-0.4, -0.2) is 55.9 Å². The van der Waals surface area contributed by atoms with Crippen LogP contribution in [0, 0.1) is 29.4 Å². The van der Waals surface area contributed by atoms with Crippen molar-refractivity contribution in [3.63, 3.8) is 0 Å². The van der Waals surface area contributed by atoms with Gasteiger partial charge in [0.25, 0.3) is 0 Å². The quantitative estimate of drug-likeness (QED) is 0.692. The number of hydrogen-bond donors (Lipinski definition) is 1. The molecule has 174 valence electrons. The van der Waals surface area contributed by atoms with Crippen molar-refractivity contribution >= 4 is 29.3 Å². The lowest BCUT2D eigenvalue weighted by molar-refractivity contribution is -0.157. The van der Waals surface area contributed by atoms with E-state index < -0.39 is 29.4 Å². The molecule has 0 bridgehead atoms. The average molecular weight is 451 g/mol. The summed E-state index contributed by atoms with van der Waals surface area (Å²) < 4.78 is 40.4. The van der Waals surface area contributed by atoms with Gasteiger partial charge in [0.05, 0.1) is 24.7 Å². The first-order chi connectivity index (χ1) is 14.9. The maximum absolute atomic E-state index is 14.9. The summed E-state index contributed by atoms with van der Waals surface area (Å²) in [5.41, 5.74) is -0.680. The van der Waals surface area contributed by atoms with Crippen LogP contribution < -0.4 is 15.1 Å². The fraction of sp³-hybridized carbons (Fsp3) is 0.591. The molecule has 2 heterocycles. The molecule has 1 aromatic carbocycles. The number of rotatable bonds is 5. The van der Waals surface area contributed by atoms with Crippen LogP contribution in [0.4, 0.5) is 25.0 Å². The topological polar surface area (TPSA) is 88.2 Å². The number of benzene rings is 1. The first kappa shape index (κ1) is 22.3. The molecule has 0 radical (unpaired) electrons. The van der Waals surface area contributed by atoms with Crippen LogP contribution in [0.1, 0.15) is 27.7 Å². The van der Waals surface area contributed by atoms with E-state index in [1.54, 1.807) is 25.7 Å². The molecule has 0 spiro atoms. The van der Waals surface area contributed by atoms with Crippen LogP contribution in [0.15, 0.2) is 12.1 Å². The summed E-state index contributed by atoms with van der Waals surface area (Å²) >= 11 is 0. The third-order valence-electron chi connectivity index (χ3n) is 5.96. The summed E-state index contributed by atoms with van der Waals surface area (Å²) in [4.78, 5) is 38.2. The van der Waals surface area contributed by atoms with Gasteiger partial charge in [-0.25, -0.2) is 13.6 Å². The Kier molecular flexibility index (Phi) is 5.50. The van der Waals surface area contributed by atoms with Gasteiger partial charge in [0, 0.05) is 32.1 Å². The average Bonchev–Trinajstić information content (AvgIpc) is 2.98. The highest BCUT2D eigenvalue weighted by Crippen LogP contribution is 2.54. The molecule has 3 unspecified atom stereocenters. The van der Waals surface area contributed by atoms with Crippen LogP contribution in [0.25, 0.3) is 0 Å². The number of piperidine rings is 1. The number of nitrogens with one attached hydrogen (secondary N) is 1. The van der Waals surface area contributed by atoms with E-state index in [9.17, 15) is 23.2 Å². The Morgan fingerprint density at radius 1 is 1.16 bits per heavy atom. The van der Waals surface area contributed by atoms with Gasteiger partial charge in [-0.1, -0.05) is 0 Å². The number of halogens is 2. The van der Waals surface area contributed by atoms with E-state index in [0.29, 0.717) is 13.1 Å². The predicted molar refractivity (Wildman–Crippen MR) is 111 cm³/mol. The summed E-state index contributed by atoms with van der Waals surface area (Å²) in [7, 11) is 0. The zero-order chi connectivity index (χ0) is 23.4. The van der Waals surface area contributed by atoms with E-state index in [4.69, 9.17) is 9.47 Å². The van der Waals surface area contributed by atoms with Gasteiger partial charge in [-0.2, -0.15) is 0 Å². The minimum Gasteiger partial charge on any atom is -0.460 e. The zero-order valence-electron chi connectivity index (χ0n) is 18.5. The zero-order valence-corrected chi connectivity index (χ0v) is 18.5. The Labute approximate surface area is 184 Å². The second-order valence-corrected chi connectivity index (χ2v) is 9.60. The second kappa shape index (κ2) is 7.90. The number of cyclic esters (lactones) is 1. The third kappa shape index (κ3) is 4.35. The van der Waals surface area contributed by atoms with Crippen molar-refractivity contribution in [3.05, 3.63) is 23.8 Å². The number of amides is 2. The Bertz CT molecular complexity index is 928. The lowest BCUT2D eigenvalue weighted by Gasteiger charge is -2.25. The van der Waals surface area contributed by atoms with Crippen molar-refractivity contribution in [1.29, 1.82) is 0 Å². The van der Waals surface area contributed by atoms with Gasteiger partial charge in [-0.15, -0.1) is 0 Å². The fourth-order valence-corrected chi connectivity index (χ4v) is 4.53. The summed E-state index contributed by atoms with van der Waals surface area (Å²) in [6, 6.07) is 2.21. The highest BCUT2D eigenvalue weighted by molar-refractivity contribution is 5.90. The Hall–Kier alpha value is -2.91. The molecule has 2 saturated heterocycles. The molecular formula is C22H27F2N3O5. The molecule has 1 N–H and O–H groups in total. The maximum Gasteiger partial charge on any atom is 0.414 e. The molecule has 3 fully saturated rings. The molecule has 1 aliphatic carbocycles. The van der Waals surface area contributed by atoms with Crippen LogP contribution in [0.3, 0.4) is 0 Å². The van der Waals surface area contributed by atoms with Crippen molar-refractivity contribution in [2.75, 3.05) is 36.0 Å². The van der Waals surface area contributed by atoms with E-state index in [1.807, 2.05) is 0 Å². The van der Waals surface area contributed by atoms with E-state index in [-0.39, 0.29) is 54.1 Å². The summed E-state index contributed by atoms with van der Waals surface area (Å²) in [6.07, 6.45) is -1.33. The second-order valence-electron chi connectivity index (χ2n) is 9.60. The van der Waals surface area contributed by atoms with Gasteiger partial charge >= 0.3 is 12.1 Å².